The average Bonchev–Trinajstić information content (AvgIpc) is 3.66. The molecule has 0 aliphatic heterocycles. The van der Waals surface area contributed by atoms with Crippen LogP contribution in [0.4, 0.5) is 4.79 Å². The number of carboxylic acids is 1. The highest BCUT2D eigenvalue weighted by Gasteiger charge is 2.34. The van der Waals surface area contributed by atoms with Crippen LogP contribution in [0.5, 0.6) is 0 Å². The van der Waals surface area contributed by atoms with E-state index in [0.717, 1.165) is 24.0 Å². The molecule has 2 aromatic carbocycles. The van der Waals surface area contributed by atoms with E-state index < -0.39 is 18.0 Å². The molecule has 0 saturated heterocycles. The third kappa shape index (κ3) is 5.84. The van der Waals surface area contributed by atoms with Crippen LogP contribution in [0.3, 0.4) is 0 Å². The maximum atomic E-state index is 12.8. The lowest BCUT2D eigenvalue weighted by Gasteiger charge is -2.25. The molecule has 2 N–H and O–H groups in total. The van der Waals surface area contributed by atoms with E-state index in [1.54, 1.807) is 11.8 Å². The lowest BCUT2D eigenvalue weighted by atomic mass is 9.98. The number of alkyl carbamates (subject to hydrolysis) is 1. The summed E-state index contributed by atoms with van der Waals surface area (Å²) in [6.07, 6.45) is 1.91. The van der Waals surface area contributed by atoms with Gasteiger partial charge in [-0.1, -0.05) is 55.5 Å². The number of fused-ring (bicyclic) bond motifs is 3. The monoisotopic (exact) mass is 478 g/mol. The Bertz CT molecular complexity index is 1040. The number of benzene rings is 2. The second kappa shape index (κ2) is 10.9. The number of hydrogen-bond acceptors (Lipinski definition) is 4. The molecule has 7 nitrogen and oxygen atoms in total. The molecule has 0 spiro atoms. The van der Waals surface area contributed by atoms with E-state index in [1.807, 2.05) is 31.2 Å². The predicted octanol–water partition coefficient (Wildman–Crippen LogP) is 4.51. The van der Waals surface area contributed by atoms with Crippen LogP contribution in [0, 0.1) is 17.8 Å². The molecule has 35 heavy (non-hydrogen) atoms. The van der Waals surface area contributed by atoms with Crippen molar-refractivity contribution in [2.45, 2.75) is 39.0 Å². The third-order valence-electron chi connectivity index (χ3n) is 7.23. The first kappa shape index (κ1) is 24.8. The quantitative estimate of drug-likeness (QED) is 0.495. The number of nitrogens with one attached hydrogen (secondary N) is 1. The summed E-state index contributed by atoms with van der Waals surface area (Å²) in [5, 5.41) is 12.0. The van der Waals surface area contributed by atoms with Crippen molar-refractivity contribution in [2.24, 2.45) is 17.8 Å². The van der Waals surface area contributed by atoms with Crippen molar-refractivity contribution in [2.75, 3.05) is 26.2 Å². The molecular weight excluding hydrogens is 444 g/mol. The van der Waals surface area contributed by atoms with Gasteiger partial charge in [-0.15, -0.1) is 0 Å². The highest BCUT2D eigenvalue weighted by atomic mass is 16.5. The van der Waals surface area contributed by atoms with Crippen molar-refractivity contribution < 1.29 is 24.2 Å². The summed E-state index contributed by atoms with van der Waals surface area (Å²) < 4.78 is 5.63. The van der Waals surface area contributed by atoms with Crippen LogP contribution in [0.25, 0.3) is 11.1 Å². The van der Waals surface area contributed by atoms with Gasteiger partial charge in [0.05, 0.1) is 5.92 Å². The summed E-state index contributed by atoms with van der Waals surface area (Å²) >= 11 is 0. The summed E-state index contributed by atoms with van der Waals surface area (Å²) in [6, 6.07) is 16.4. The SMILES string of the molecule is CCN(CC(C)C(=O)O)C(=O)CC(CNC(=O)OCC1c2ccccc2-c2ccccc21)C1CC1. The molecule has 0 heterocycles. The van der Waals surface area contributed by atoms with Gasteiger partial charge in [-0.25, -0.2) is 4.79 Å². The zero-order valence-electron chi connectivity index (χ0n) is 20.4. The van der Waals surface area contributed by atoms with Gasteiger partial charge in [0, 0.05) is 32.0 Å². The Morgan fingerprint density at radius 1 is 1.06 bits per heavy atom. The van der Waals surface area contributed by atoms with Crippen molar-refractivity contribution in [1.29, 1.82) is 0 Å². The average molecular weight is 479 g/mol. The van der Waals surface area contributed by atoms with Gasteiger partial charge >= 0.3 is 12.1 Å². The molecule has 2 aliphatic rings. The lowest BCUT2D eigenvalue weighted by Crippen LogP contribution is -2.39. The Kier molecular flexibility index (Phi) is 7.73. The molecule has 0 aromatic heterocycles. The summed E-state index contributed by atoms with van der Waals surface area (Å²) in [5.74, 6) is -1.15. The lowest BCUT2D eigenvalue weighted by molar-refractivity contribution is -0.143. The number of rotatable bonds is 11. The van der Waals surface area contributed by atoms with Crippen molar-refractivity contribution in [1.82, 2.24) is 10.2 Å². The topological polar surface area (TPSA) is 95.9 Å². The normalized spacial score (nSPS) is 16.1. The minimum Gasteiger partial charge on any atom is -0.481 e. The molecule has 7 heteroatoms. The molecule has 1 saturated carbocycles. The Labute approximate surface area is 206 Å². The van der Waals surface area contributed by atoms with Gasteiger partial charge in [0.1, 0.15) is 6.61 Å². The van der Waals surface area contributed by atoms with Gasteiger partial charge in [-0.05, 0) is 53.9 Å². The number of aliphatic carboxylic acids is 1. The fourth-order valence-corrected chi connectivity index (χ4v) is 5.01. The number of carbonyl (C=O) groups excluding carboxylic acids is 2. The van der Waals surface area contributed by atoms with Crippen LogP contribution < -0.4 is 5.32 Å². The van der Waals surface area contributed by atoms with Crippen LogP contribution in [0.2, 0.25) is 0 Å². The standard InChI is InChI=1S/C28H34N2O5/c1-3-30(16-18(2)27(32)33)26(31)14-20(19-12-13-19)15-29-28(34)35-17-25-23-10-6-4-8-21(23)22-9-5-7-11-24(22)25/h4-11,18-20,25H,3,12-17H2,1-2H3,(H,29,34)(H,32,33). The van der Waals surface area contributed by atoms with Crippen LogP contribution in [0.1, 0.15) is 50.2 Å². The molecule has 2 aromatic rings. The van der Waals surface area contributed by atoms with Crippen LogP contribution >= 0.6 is 0 Å². The maximum Gasteiger partial charge on any atom is 0.407 e. The number of hydrogen-bond donors (Lipinski definition) is 2. The van der Waals surface area contributed by atoms with Crippen LogP contribution in [-0.2, 0) is 14.3 Å². The van der Waals surface area contributed by atoms with Crippen molar-refractivity contribution in [3.63, 3.8) is 0 Å². The van der Waals surface area contributed by atoms with Crippen LogP contribution in [-0.4, -0.2) is 54.2 Å². The van der Waals surface area contributed by atoms with E-state index in [9.17, 15) is 19.5 Å². The summed E-state index contributed by atoms with van der Waals surface area (Å²) in [5.41, 5.74) is 4.70. The van der Waals surface area contributed by atoms with Crippen LogP contribution in [0.15, 0.2) is 48.5 Å². The van der Waals surface area contributed by atoms with Crippen molar-refractivity contribution >= 4 is 18.0 Å². The predicted molar refractivity (Wildman–Crippen MR) is 133 cm³/mol. The minimum absolute atomic E-state index is 0.00305. The van der Waals surface area contributed by atoms with E-state index in [0.29, 0.717) is 25.4 Å². The van der Waals surface area contributed by atoms with Gasteiger partial charge < -0.3 is 20.1 Å². The Morgan fingerprint density at radius 3 is 2.20 bits per heavy atom. The maximum absolute atomic E-state index is 12.8. The first-order valence-corrected chi connectivity index (χ1v) is 12.5. The zero-order valence-corrected chi connectivity index (χ0v) is 20.4. The van der Waals surface area contributed by atoms with Gasteiger partial charge in [0.15, 0.2) is 0 Å². The second-order valence-electron chi connectivity index (χ2n) is 9.68. The Balaban J connectivity index is 1.30. The van der Waals surface area contributed by atoms with E-state index >= 15 is 0 Å². The van der Waals surface area contributed by atoms with Gasteiger partial charge in [-0.2, -0.15) is 0 Å². The van der Waals surface area contributed by atoms with Gasteiger partial charge in [0.2, 0.25) is 5.91 Å². The molecule has 1 fully saturated rings. The van der Waals surface area contributed by atoms with Gasteiger partial charge in [-0.3, -0.25) is 9.59 Å². The Morgan fingerprint density at radius 2 is 1.66 bits per heavy atom. The fraction of sp³-hybridized carbons (Fsp3) is 0.464. The minimum atomic E-state index is -0.910. The molecule has 2 unspecified atom stereocenters. The fourth-order valence-electron chi connectivity index (χ4n) is 5.01. The molecule has 2 amide bonds. The molecule has 2 atom stereocenters. The first-order chi connectivity index (χ1) is 16.9. The number of nitrogens with zero attached hydrogens (tertiary/aromatic N) is 1. The zero-order chi connectivity index (χ0) is 24.9. The molecule has 2 aliphatic carbocycles. The Hall–Kier alpha value is -3.35. The van der Waals surface area contributed by atoms with E-state index in [4.69, 9.17) is 4.74 Å². The second-order valence-corrected chi connectivity index (χ2v) is 9.68. The van der Waals surface area contributed by atoms with E-state index in [1.165, 1.54) is 11.1 Å². The van der Waals surface area contributed by atoms with E-state index in [2.05, 4.69) is 29.6 Å². The number of amides is 2. The smallest absolute Gasteiger partial charge is 0.407 e. The summed E-state index contributed by atoms with van der Waals surface area (Å²) in [7, 11) is 0. The summed E-state index contributed by atoms with van der Waals surface area (Å²) in [4.78, 5) is 38.2. The molecular formula is C28H34N2O5. The third-order valence-corrected chi connectivity index (χ3v) is 7.23. The molecule has 4 rings (SSSR count). The number of carbonyl (C=O) groups is 3. The van der Waals surface area contributed by atoms with Crippen molar-refractivity contribution in [3.05, 3.63) is 59.7 Å². The number of ether oxygens (including phenoxy) is 1. The highest BCUT2D eigenvalue weighted by Crippen LogP contribution is 2.44. The van der Waals surface area contributed by atoms with E-state index in [-0.39, 0.29) is 30.9 Å². The molecule has 186 valence electrons. The molecule has 0 radical (unpaired) electrons. The summed E-state index contributed by atoms with van der Waals surface area (Å²) in [6.45, 7) is 4.75. The van der Waals surface area contributed by atoms with Crippen molar-refractivity contribution in [3.8, 4) is 11.1 Å². The first-order valence-electron chi connectivity index (χ1n) is 12.5. The van der Waals surface area contributed by atoms with Gasteiger partial charge in [0.25, 0.3) is 0 Å². The highest BCUT2D eigenvalue weighted by molar-refractivity contribution is 5.79. The number of carboxylic acid groups (broad SMARTS) is 1. The largest absolute Gasteiger partial charge is 0.481 e. The molecule has 0 bridgehead atoms.